The smallest absolute Gasteiger partial charge is 0.387 e. The van der Waals surface area contributed by atoms with Gasteiger partial charge in [-0.3, -0.25) is 13.8 Å². The molecule has 0 heterocycles. The van der Waals surface area contributed by atoms with Crippen molar-refractivity contribution in [3.63, 3.8) is 0 Å². The zero-order chi connectivity index (χ0) is 63.4. The maximum absolute atomic E-state index is 13.1. The number of aliphatic hydroxyl groups is 1. The number of unbranched alkanes of at least 4 members (excludes halogenated alkanes) is 29. The van der Waals surface area contributed by atoms with Gasteiger partial charge in [0, 0.05) is 6.42 Å². The molecule has 0 aliphatic heterocycles. The molecule has 0 saturated heterocycles. The van der Waals surface area contributed by atoms with Gasteiger partial charge in [0.1, 0.15) is 13.2 Å². The summed E-state index contributed by atoms with van der Waals surface area (Å²) in [6.45, 7) is 4.69. The molecule has 0 rings (SSSR count). The van der Waals surface area contributed by atoms with Crippen molar-refractivity contribution < 1.29 is 32.9 Å². The second-order valence-electron chi connectivity index (χ2n) is 24.9. The molecule has 1 amide bonds. The molecule has 0 saturated carbocycles. The first-order chi connectivity index (χ1) is 42.5. The number of rotatable bonds is 64. The lowest BCUT2D eigenvalue weighted by atomic mass is 10.0. The van der Waals surface area contributed by atoms with Crippen molar-refractivity contribution in [3.05, 3.63) is 146 Å². The number of amides is 1. The molecule has 0 spiro atoms. The first-order valence-electron chi connectivity index (χ1n) is 35.7. The molecule has 0 aliphatic carbocycles. The third kappa shape index (κ3) is 69.7. The van der Waals surface area contributed by atoms with Crippen molar-refractivity contribution in [1.29, 1.82) is 0 Å². The summed E-state index contributed by atoms with van der Waals surface area (Å²) in [6.07, 6.45) is 103. The van der Waals surface area contributed by atoms with Crippen LogP contribution in [0.15, 0.2) is 146 Å². The predicted octanol–water partition coefficient (Wildman–Crippen LogP) is 23.2. The summed E-state index contributed by atoms with van der Waals surface area (Å²) in [6, 6.07) is -0.880. The average molecular weight is 1230 g/mol. The Morgan fingerprint density at radius 2 is 0.701 bits per heavy atom. The van der Waals surface area contributed by atoms with Crippen molar-refractivity contribution in [2.75, 3.05) is 40.9 Å². The number of phosphoric acid groups is 1. The second-order valence-corrected chi connectivity index (χ2v) is 26.3. The average Bonchev–Trinajstić information content (AvgIpc) is 3.69. The molecule has 3 atom stereocenters. The summed E-state index contributed by atoms with van der Waals surface area (Å²) < 4.78 is 23.8. The Labute approximate surface area is 538 Å². The second kappa shape index (κ2) is 66.8. The molecule has 87 heavy (non-hydrogen) atoms. The van der Waals surface area contributed by atoms with E-state index in [-0.39, 0.29) is 19.1 Å². The van der Waals surface area contributed by atoms with Crippen molar-refractivity contribution >= 4 is 13.7 Å². The van der Waals surface area contributed by atoms with Crippen molar-refractivity contribution in [2.45, 2.75) is 302 Å². The Morgan fingerprint density at radius 3 is 1.06 bits per heavy atom. The maximum Gasteiger partial charge on any atom is 0.472 e. The Hall–Kier alpha value is -3.62. The van der Waals surface area contributed by atoms with E-state index in [9.17, 15) is 19.4 Å². The van der Waals surface area contributed by atoms with Gasteiger partial charge in [-0.05, 0) is 109 Å². The monoisotopic (exact) mass is 1230 g/mol. The Morgan fingerprint density at radius 1 is 0.402 bits per heavy atom. The van der Waals surface area contributed by atoms with Gasteiger partial charge in [-0.25, -0.2) is 4.57 Å². The van der Waals surface area contributed by atoms with Gasteiger partial charge in [-0.1, -0.05) is 320 Å². The van der Waals surface area contributed by atoms with E-state index in [1.54, 1.807) is 6.08 Å². The molecule has 9 heteroatoms. The number of aliphatic hydroxyl groups excluding tert-OH is 1. The van der Waals surface area contributed by atoms with E-state index in [4.69, 9.17) is 9.05 Å². The molecular weight excluding hydrogens is 1090 g/mol. The minimum atomic E-state index is -4.38. The number of carbonyl (C=O) groups excluding carboxylic acids is 1. The molecule has 3 unspecified atom stereocenters. The first kappa shape index (κ1) is 83.4. The maximum atomic E-state index is 13.1. The van der Waals surface area contributed by atoms with Gasteiger partial charge in [0.15, 0.2) is 0 Å². The normalized spacial score (nSPS) is 14.5. The fourth-order valence-electron chi connectivity index (χ4n) is 9.79. The fourth-order valence-corrected chi connectivity index (χ4v) is 10.5. The summed E-state index contributed by atoms with van der Waals surface area (Å²) in [4.78, 5) is 23.4. The summed E-state index contributed by atoms with van der Waals surface area (Å²) >= 11 is 0. The summed E-state index contributed by atoms with van der Waals surface area (Å²) in [5.41, 5.74) is 0. The first-order valence-corrected chi connectivity index (χ1v) is 37.2. The fraction of sp³-hybridized carbons (Fsp3) is 0.679. The third-order valence-corrected chi connectivity index (χ3v) is 16.3. The largest absolute Gasteiger partial charge is 0.472 e. The van der Waals surface area contributed by atoms with Crippen LogP contribution in [0, 0.1) is 0 Å². The van der Waals surface area contributed by atoms with E-state index < -0.39 is 20.0 Å². The number of phosphoric ester groups is 1. The summed E-state index contributed by atoms with van der Waals surface area (Å²) in [5.74, 6) is -0.199. The highest BCUT2D eigenvalue weighted by atomic mass is 31.2. The van der Waals surface area contributed by atoms with Gasteiger partial charge in [-0.2, -0.15) is 0 Å². The predicted molar refractivity (Wildman–Crippen MR) is 382 cm³/mol. The molecule has 0 aliphatic rings. The molecule has 3 N–H and O–H groups in total. The number of allylic oxidation sites excluding steroid dienone is 23. The van der Waals surface area contributed by atoms with Crippen LogP contribution < -0.4 is 5.32 Å². The number of hydrogen-bond donors (Lipinski definition) is 3. The number of quaternary nitrogens is 1. The quantitative estimate of drug-likeness (QED) is 0.0243. The molecule has 0 aromatic rings. The lowest BCUT2D eigenvalue weighted by molar-refractivity contribution is -0.870. The Balaban J connectivity index is 4.18. The molecule has 498 valence electrons. The molecule has 0 radical (unpaired) electrons. The van der Waals surface area contributed by atoms with Gasteiger partial charge in [-0.15, -0.1) is 0 Å². The lowest BCUT2D eigenvalue weighted by Crippen LogP contribution is -2.45. The third-order valence-electron chi connectivity index (χ3n) is 15.3. The minimum absolute atomic E-state index is 0.0476. The minimum Gasteiger partial charge on any atom is -0.387 e. The Bertz CT molecular complexity index is 1930. The number of nitrogens with zero attached hydrogens (tertiary/aromatic N) is 1. The number of carbonyl (C=O) groups is 1. The highest BCUT2D eigenvalue weighted by Crippen LogP contribution is 2.43. The number of hydrogen-bond acceptors (Lipinski definition) is 5. The van der Waals surface area contributed by atoms with Crippen LogP contribution in [-0.2, 0) is 18.4 Å². The van der Waals surface area contributed by atoms with Crippen LogP contribution in [0.3, 0.4) is 0 Å². The zero-order valence-corrected chi connectivity index (χ0v) is 57.9. The highest BCUT2D eigenvalue weighted by Gasteiger charge is 2.28. The summed E-state index contributed by atoms with van der Waals surface area (Å²) in [5, 5.41) is 14.0. The van der Waals surface area contributed by atoms with Crippen molar-refractivity contribution in [1.82, 2.24) is 5.32 Å². The van der Waals surface area contributed by atoms with Crippen LogP contribution in [0.5, 0.6) is 0 Å². The summed E-state index contributed by atoms with van der Waals surface area (Å²) in [7, 11) is 1.54. The van der Waals surface area contributed by atoms with E-state index in [1.165, 1.54) is 154 Å². The van der Waals surface area contributed by atoms with E-state index >= 15 is 0 Å². The van der Waals surface area contributed by atoms with Crippen LogP contribution in [-0.4, -0.2) is 73.4 Å². The van der Waals surface area contributed by atoms with E-state index in [0.29, 0.717) is 17.4 Å². The van der Waals surface area contributed by atoms with Crippen LogP contribution >= 0.6 is 7.82 Å². The number of likely N-dealkylation sites (N-methyl/N-ethyl adjacent to an activating group) is 1. The van der Waals surface area contributed by atoms with Gasteiger partial charge in [0.2, 0.25) is 5.91 Å². The Kier molecular flexibility index (Phi) is 64.0. The van der Waals surface area contributed by atoms with Crippen LogP contribution in [0.4, 0.5) is 0 Å². The molecule has 0 fully saturated rings. The van der Waals surface area contributed by atoms with Crippen LogP contribution in [0.25, 0.3) is 0 Å². The molecule has 0 aromatic heterocycles. The SMILES string of the molecule is CC/C=C\C/C=C\C/C=C\C/C=C\C/C=C\C/C=C\C/C=C\C/C=C\C/C=C\C/C=C\CCCCCCCCCCC(=O)NC(COP(=O)(O)OCC[N+](C)(C)C)C(O)/C=C/CC/C=C/CCCCCCCCCCCCCCCCCCCCCC. The topological polar surface area (TPSA) is 105 Å². The zero-order valence-electron chi connectivity index (χ0n) is 57.0. The molecule has 0 bridgehead atoms. The van der Waals surface area contributed by atoms with Gasteiger partial charge in [0.25, 0.3) is 0 Å². The van der Waals surface area contributed by atoms with Crippen molar-refractivity contribution in [3.8, 4) is 0 Å². The van der Waals surface area contributed by atoms with E-state index in [0.717, 1.165) is 116 Å². The lowest BCUT2D eigenvalue weighted by Gasteiger charge is -2.25. The van der Waals surface area contributed by atoms with Gasteiger partial charge < -0.3 is 19.8 Å². The van der Waals surface area contributed by atoms with E-state index in [2.05, 4.69) is 153 Å². The van der Waals surface area contributed by atoms with Crippen molar-refractivity contribution in [2.24, 2.45) is 0 Å². The van der Waals surface area contributed by atoms with Gasteiger partial charge >= 0.3 is 7.82 Å². The standard InChI is InChI=1S/C78H135N2O6P/c1-6-8-10-12-14-16-18-20-22-24-26-28-30-32-34-35-36-37-38-39-40-41-42-43-44-45-46-48-50-52-54-56-58-60-62-64-66-68-70-72-78(82)79-76(75-86-87(83,84)85-74-73-80(3,4)5)77(81)71-69-67-65-63-61-59-57-55-53-51-49-47-33-31-29-27-25-23-21-19-17-15-13-11-9-7-2/h8,10,14,16,20,22,26,28,32,34,36-37,39-40,42-43,45-46,50,52,61,63,69,71,76-77,81H,6-7,9,11-13,15,17-19,21,23-25,27,29-31,33,35,38,41,44,47-49,51,53-60,62,64-68,70,72-75H2,1-5H3,(H-,79,82,83,84)/p+1/b10-8-,16-14-,22-20-,28-26-,34-32-,37-36-,40-39-,43-42-,46-45-,52-50-,63-61+,71-69+. The number of nitrogens with one attached hydrogen (secondary N) is 1. The van der Waals surface area contributed by atoms with E-state index in [1.807, 2.05) is 27.2 Å². The van der Waals surface area contributed by atoms with Crippen LogP contribution in [0.1, 0.15) is 290 Å². The molecule has 0 aromatic carbocycles. The molecular formula is C78H136N2O6P+. The highest BCUT2D eigenvalue weighted by molar-refractivity contribution is 7.47. The van der Waals surface area contributed by atoms with Crippen LogP contribution in [0.2, 0.25) is 0 Å². The molecule has 8 nitrogen and oxygen atoms in total. The van der Waals surface area contributed by atoms with Gasteiger partial charge in [0.05, 0.1) is 39.9 Å².